The molecule has 160 valence electrons. The summed E-state index contributed by atoms with van der Waals surface area (Å²) in [6, 6.07) is 23.4. The third-order valence-electron chi connectivity index (χ3n) is 5.68. The highest BCUT2D eigenvalue weighted by molar-refractivity contribution is 5.81. The van der Waals surface area contributed by atoms with Crippen LogP contribution in [0.1, 0.15) is 29.2 Å². The third-order valence-corrected chi connectivity index (χ3v) is 5.68. The summed E-state index contributed by atoms with van der Waals surface area (Å²) in [5, 5.41) is 5.95. The zero-order valence-corrected chi connectivity index (χ0v) is 17.4. The summed E-state index contributed by atoms with van der Waals surface area (Å²) in [5.41, 5.74) is 2.19. The van der Waals surface area contributed by atoms with E-state index in [9.17, 15) is 9.59 Å². The van der Waals surface area contributed by atoms with Crippen LogP contribution in [0.5, 0.6) is 0 Å². The van der Waals surface area contributed by atoms with Gasteiger partial charge in [0.25, 0.3) is 0 Å². The van der Waals surface area contributed by atoms with Gasteiger partial charge in [-0.25, -0.2) is 4.79 Å². The molecule has 0 aliphatic carbocycles. The van der Waals surface area contributed by atoms with E-state index in [4.69, 9.17) is 4.42 Å². The Bertz CT molecular complexity index is 974. The molecule has 1 aromatic heterocycles. The van der Waals surface area contributed by atoms with Gasteiger partial charge in [0.1, 0.15) is 5.76 Å². The molecule has 2 aromatic carbocycles. The lowest BCUT2D eigenvalue weighted by molar-refractivity contribution is -0.126. The Kier molecular flexibility index (Phi) is 6.67. The summed E-state index contributed by atoms with van der Waals surface area (Å²) in [5.74, 6) is 0.479. The normalized spacial score (nSPS) is 18.4. The number of piperidine rings is 1. The van der Waals surface area contributed by atoms with Crippen molar-refractivity contribution in [2.45, 2.75) is 25.4 Å². The Morgan fingerprint density at radius 2 is 1.61 bits per heavy atom. The van der Waals surface area contributed by atoms with Crippen molar-refractivity contribution in [3.8, 4) is 0 Å². The van der Waals surface area contributed by atoms with Crippen molar-refractivity contribution in [3.63, 3.8) is 0 Å². The third kappa shape index (κ3) is 5.54. The topological polar surface area (TPSA) is 74.6 Å². The van der Waals surface area contributed by atoms with Crippen molar-refractivity contribution in [1.29, 1.82) is 0 Å². The molecule has 0 unspecified atom stereocenters. The first kappa shape index (κ1) is 20.7. The number of amides is 3. The molecular weight excluding hydrogens is 390 g/mol. The van der Waals surface area contributed by atoms with E-state index in [0.717, 1.165) is 11.1 Å². The number of carbonyl (C=O) groups is 2. The zero-order chi connectivity index (χ0) is 21.5. The van der Waals surface area contributed by atoms with Gasteiger partial charge in [-0.15, -0.1) is 0 Å². The quantitative estimate of drug-likeness (QED) is 0.639. The minimum atomic E-state index is -0.281. The molecule has 31 heavy (non-hydrogen) atoms. The van der Waals surface area contributed by atoms with Crippen LogP contribution in [0.3, 0.4) is 0 Å². The van der Waals surface area contributed by atoms with Gasteiger partial charge >= 0.3 is 6.03 Å². The van der Waals surface area contributed by atoms with E-state index >= 15 is 0 Å². The monoisotopic (exact) mass is 417 g/mol. The van der Waals surface area contributed by atoms with Gasteiger partial charge in [-0.05, 0) is 29.7 Å². The zero-order valence-electron chi connectivity index (χ0n) is 17.4. The van der Waals surface area contributed by atoms with Crippen molar-refractivity contribution in [2.75, 3.05) is 13.1 Å². The van der Waals surface area contributed by atoms with Gasteiger partial charge in [0, 0.05) is 25.6 Å². The van der Waals surface area contributed by atoms with Crippen LogP contribution in [0.4, 0.5) is 4.79 Å². The van der Waals surface area contributed by atoms with Crippen LogP contribution in [0.2, 0.25) is 0 Å². The standard InChI is InChI=1S/C25H27N3O3/c29-24(26-16-23-12-7-13-31-23)22-14-21(20-10-5-2-6-11-20)17-28(18-22)25(30)27-15-19-8-3-1-4-9-19/h1-13,21-22H,14-18H2,(H,26,29)(H,27,30)/t21-,22-/m1/s1. The lowest BCUT2D eigenvalue weighted by Crippen LogP contribution is -2.50. The van der Waals surface area contributed by atoms with E-state index in [1.54, 1.807) is 17.2 Å². The van der Waals surface area contributed by atoms with Crippen LogP contribution >= 0.6 is 0 Å². The Labute approximate surface area is 182 Å². The fraction of sp³-hybridized carbons (Fsp3) is 0.280. The van der Waals surface area contributed by atoms with E-state index in [1.807, 2.05) is 54.6 Å². The number of furan rings is 1. The summed E-state index contributed by atoms with van der Waals surface area (Å²) in [6.45, 7) is 1.79. The minimum absolute atomic E-state index is 0.0575. The van der Waals surface area contributed by atoms with Gasteiger partial charge in [0.15, 0.2) is 0 Å². The van der Waals surface area contributed by atoms with Crippen LogP contribution in [-0.2, 0) is 17.9 Å². The highest BCUT2D eigenvalue weighted by Gasteiger charge is 2.34. The molecule has 2 atom stereocenters. The van der Waals surface area contributed by atoms with Crippen molar-refractivity contribution in [3.05, 3.63) is 95.9 Å². The number of carbonyl (C=O) groups excluding carboxylic acids is 2. The minimum Gasteiger partial charge on any atom is -0.467 e. The van der Waals surface area contributed by atoms with E-state index in [1.165, 1.54) is 0 Å². The number of rotatable bonds is 6. The lowest BCUT2D eigenvalue weighted by atomic mass is 9.84. The Morgan fingerprint density at radius 3 is 2.32 bits per heavy atom. The second-order valence-corrected chi connectivity index (χ2v) is 7.89. The van der Waals surface area contributed by atoms with Crippen LogP contribution in [0, 0.1) is 5.92 Å². The van der Waals surface area contributed by atoms with E-state index in [-0.39, 0.29) is 23.8 Å². The number of likely N-dealkylation sites (tertiary alicyclic amines) is 1. The summed E-state index contributed by atoms with van der Waals surface area (Å²) in [6.07, 6.45) is 2.29. The molecule has 3 amide bonds. The van der Waals surface area contributed by atoms with Gasteiger partial charge in [-0.2, -0.15) is 0 Å². The molecule has 3 aromatic rings. The molecule has 1 aliphatic heterocycles. The molecule has 2 N–H and O–H groups in total. The second-order valence-electron chi connectivity index (χ2n) is 7.89. The van der Waals surface area contributed by atoms with Crippen LogP contribution in [0.15, 0.2) is 83.5 Å². The first-order chi connectivity index (χ1) is 15.2. The van der Waals surface area contributed by atoms with E-state index in [0.29, 0.717) is 38.4 Å². The van der Waals surface area contributed by atoms with Gasteiger partial charge in [0.2, 0.25) is 5.91 Å². The number of nitrogens with zero attached hydrogens (tertiary/aromatic N) is 1. The molecule has 1 aliphatic rings. The lowest BCUT2D eigenvalue weighted by Gasteiger charge is -2.37. The molecule has 4 rings (SSSR count). The molecule has 0 radical (unpaired) electrons. The summed E-state index contributed by atoms with van der Waals surface area (Å²) >= 11 is 0. The second kappa shape index (κ2) is 9.98. The van der Waals surface area contributed by atoms with E-state index < -0.39 is 0 Å². The highest BCUT2D eigenvalue weighted by atomic mass is 16.3. The number of nitrogens with one attached hydrogen (secondary N) is 2. The Hall–Kier alpha value is -3.54. The molecule has 6 heteroatoms. The number of hydrogen-bond donors (Lipinski definition) is 2. The summed E-state index contributed by atoms with van der Waals surface area (Å²) in [7, 11) is 0. The molecule has 0 bridgehead atoms. The van der Waals surface area contributed by atoms with E-state index in [2.05, 4.69) is 22.8 Å². The molecular formula is C25H27N3O3. The average molecular weight is 418 g/mol. The fourth-order valence-electron chi connectivity index (χ4n) is 4.04. The van der Waals surface area contributed by atoms with Gasteiger partial charge in [-0.3, -0.25) is 4.79 Å². The van der Waals surface area contributed by atoms with Crippen molar-refractivity contribution >= 4 is 11.9 Å². The maximum atomic E-state index is 12.9. The fourth-order valence-corrected chi connectivity index (χ4v) is 4.04. The molecule has 0 spiro atoms. The smallest absolute Gasteiger partial charge is 0.317 e. The summed E-state index contributed by atoms with van der Waals surface area (Å²) in [4.78, 5) is 27.6. The highest BCUT2D eigenvalue weighted by Crippen LogP contribution is 2.30. The maximum Gasteiger partial charge on any atom is 0.317 e. The van der Waals surface area contributed by atoms with Crippen LogP contribution in [-0.4, -0.2) is 29.9 Å². The summed E-state index contributed by atoms with van der Waals surface area (Å²) < 4.78 is 5.31. The van der Waals surface area contributed by atoms with Gasteiger partial charge < -0.3 is 20.0 Å². The molecule has 6 nitrogen and oxygen atoms in total. The van der Waals surface area contributed by atoms with Crippen molar-refractivity contribution < 1.29 is 14.0 Å². The first-order valence-electron chi connectivity index (χ1n) is 10.6. The van der Waals surface area contributed by atoms with Crippen molar-refractivity contribution in [1.82, 2.24) is 15.5 Å². The molecule has 2 heterocycles. The largest absolute Gasteiger partial charge is 0.467 e. The number of hydrogen-bond acceptors (Lipinski definition) is 3. The predicted molar refractivity (Wildman–Crippen MR) is 118 cm³/mol. The van der Waals surface area contributed by atoms with Gasteiger partial charge in [-0.1, -0.05) is 60.7 Å². The first-order valence-corrected chi connectivity index (χ1v) is 10.6. The number of urea groups is 1. The molecule has 1 fully saturated rings. The predicted octanol–water partition coefficient (Wildman–Crippen LogP) is 3.91. The maximum absolute atomic E-state index is 12.9. The van der Waals surface area contributed by atoms with Crippen LogP contribution in [0.25, 0.3) is 0 Å². The van der Waals surface area contributed by atoms with Gasteiger partial charge in [0.05, 0.1) is 18.7 Å². The number of benzene rings is 2. The van der Waals surface area contributed by atoms with Crippen LogP contribution < -0.4 is 10.6 Å². The molecule has 1 saturated heterocycles. The Morgan fingerprint density at radius 1 is 0.871 bits per heavy atom. The average Bonchev–Trinajstić information content (AvgIpc) is 3.35. The SMILES string of the molecule is O=C(NCc1ccco1)[C@@H]1C[C@@H](c2ccccc2)CN(C(=O)NCc2ccccc2)C1. The molecule has 0 saturated carbocycles. The Balaban J connectivity index is 1.43. The van der Waals surface area contributed by atoms with Crippen molar-refractivity contribution in [2.24, 2.45) is 5.92 Å².